The number of nitrogens with one attached hydrogen (secondary N) is 3. The second-order valence-electron chi connectivity index (χ2n) is 8.02. The summed E-state index contributed by atoms with van der Waals surface area (Å²) < 4.78 is 0. The molecule has 4 aromatic rings. The molecule has 0 saturated carbocycles. The summed E-state index contributed by atoms with van der Waals surface area (Å²) >= 11 is 0. The molecule has 0 aliphatic carbocycles. The van der Waals surface area contributed by atoms with E-state index in [2.05, 4.69) is 25.9 Å². The van der Waals surface area contributed by atoms with Crippen LogP contribution in [-0.4, -0.2) is 45.0 Å². The van der Waals surface area contributed by atoms with Crippen LogP contribution in [0.2, 0.25) is 0 Å². The zero-order valence-electron chi connectivity index (χ0n) is 18.0. The third kappa shape index (κ3) is 4.88. The second kappa shape index (κ2) is 9.17. The molecule has 0 spiro atoms. The van der Waals surface area contributed by atoms with Crippen molar-refractivity contribution in [1.82, 2.24) is 25.3 Å². The van der Waals surface area contributed by atoms with Gasteiger partial charge in [0.1, 0.15) is 11.6 Å². The van der Waals surface area contributed by atoms with Gasteiger partial charge in [0, 0.05) is 41.6 Å². The highest BCUT2D eigenvalue weighted by molar-refractivity contribution is 5.92. The fourth-order valence-corrected chi connectivity index (χ4v) is 3.84. The number of carbonyl (C=O) groups excluding carboxylic acids is 1. The summed E-state index contributed by atoms with van der Waals surface area (Å²) in [6.45, 7) is 1.88. The number of fused-ring (bicyclic) bond motifs is 1. The molecule has 1 aliphatic rings. The number of carbonyl (C=O) groups is 1. The first kappa shape index (κ1) is 20.8. The number of hydrogen-bond acceptors (Lipinski definition) is 8. The number of hydrogen-bond donors (Lipinski definition) is 4. The SMILES string of the molecule is Nc1ccc(CC(=O)Nc2cc(-c3nc(N[C@@H]4CCNC4)c4ccncc4n3)ccn2)cc1. The van der Waals surface area contributed by atoms with Crippen molar-refractivity contribution >= 4 is 34.1 Å². The number of aromatic nitrogens is 4. The van der Waals surface area contributed by atoms with Gasteiger partial charge in [0.15, 0.2) is 5.82 Å². The van der Waals surface area contributed by atoms with Crippen molar-refractivity contribution in [1.29, 1.82) is 0 Å². The van der Waals surface area contributed by atoms with Gasteiger partial charge in [0.05, 0.1) is 18.1 Å². The third-order valence-corrected chi connectivity index (χ3v) is 5.53. The highest BCUT2D eigenvalue weighted by Gasteiger charge is 2.17. The minimum absolute atomic E-state index is 0.163. The summed E-state index contributed by atoms with van der Waals surface area (Å²) in [7, 11) is 0. The lowest BCUT2D eigenvalue weighted by molar-refractivity contribution is -0.115. The van der Waals surface area contributed by atoms with Crippen LogP contribution in [0.5, 0.6) is 0 Å². The summed E-state index contributed by atoms with van der Waals surface area (Å²) in [6.07, 6.45) is 6.37. The van der Waals surface area contributed by atoms with E-state index < -0.39 is 0 Å². The largest absolute Gasteiger partial charge is 0.399 e. The van der Waals surface area contributed by atoms with Gasteiger partial charge in [-0.25, -0.2) is 15.0 Å². The molecule has 33 heavy (non-hydrogen) atoms. The molecule has 0 unspecified atom stereocenters. The number of nitrogen functional groups attached to an aromatic ring is 1. The highest BCUT2D eigenvalue weighted by atomic mass is 16.1. The molecule has 4 heterocycles. The summed E-state index contributed by atoms with van der Waals surface area (Å²) in [5.41, 5.74) is 8.76. The molecule has 166 valence electrons. The van der Waals surface area contributed by atoms with Crippen LogP contribution < -0.4 is 21.7 Å². The van der Waals surface area contributed by atoms with Crippen LogP contribution in [0.3, 0.4) is 0 Å². The molecular formula is C24H24N8O. The lowest BCUT2D eigenvalue weighted by Gasteiger charge is -2.15. The molecule has 5 N–H and O–H groups in total. The van der Waals surface area contributed by atoms with Gasteiger partial charge in [-0.15, -0.1) is 0 Å². The molecule has 9 nitrogen and oxygen atoms in total. The summed E-state index contributed by atoms with van der Waals surface area (Å²) in [5, 5.41) is 10.7. The van der Waals surface area contributed by atoms with Crippen LogP contribution in [0, 0.1) is 0 Å². The van der Waals surface area contributed by atoms with Gasteiger partial charge in [0.2, 0.25) is 5.91 Å². The molecule has 0 radical (unpaired) electrons. The lowest BCUT2D eigenvalue weighted by atomic mass is 10.1. The predicted molar refractivity (Wildman–Crippen MR) is 129 cm³/mol. The van der Waals surface area contributed by atoms with E-state index in [4.69, 9.17) is 15.7 Å². The van der Waals surface area contributed by atoms with Crippen LogP contribution in [0.15, 0.2) is 61.1 Å². The number of benzene rings is 1. The fraction of sp³-hybridized carbons (Fsp3) is 0.208. The average Bonchev–Trinajstić information content (AvgIpc) is 3.34. The molecule has 9 heteroatoms. The maximum Gasteiger partial charge on any atom is 0.229 e. The van der Waals surface area contributed by atoms with Gasteiger partial charge < -0.3 is 21.7 Å². The Hall–Kier alpha value is -4.11. The van der Waals surface area contributed by atoms with Crippen LogP contribution in [0.25, 0.3) is 22.3 Å². The van der Waals surface area contributed by atoms with E-state index in [9.17, 15) is 4.79 Å². The minimum atomic E-state index is -0.163. The average molecular weight is 441 g/mol. The first-order chi connectivity index (χ1) is 16.1. The van der Waals surface area contributed by atoms with Crippen LogP contribution >= 0.6 is 0 Å². The van der Waals surface area contributed by atoms with Crippen molar-refractivity contribution in [3.63, 3.8) is 0 Å². The molecule has 1 atom stereocenters. The molecule has 1 aromatic carbocycles. The molecule has 1 saturated heterocycles. The zero-order chi connectivity index (χ0) is 22.6. The molecule has 1 aliphatic heterocycles. The summed E-state index contributed by atoms with van der Waals surface area (Å²) in [6, 6.07) is 13.1. The number of nitrogens with two attached hydrogens (primary N) is 1. The van der Waals surface area contributed by atoms with Gasteiger partial charge in [0.25, 0.3) is 0 Å². The standard InChI is InChI=1S/C24H24N8O/c25-17-3-1-15(2-4-17)11-22(33)31-21-12-16(5-10-28-21)23-30-20-14-27-9-7-19(20)24(32-23)29-18-6-8-26-13-18/h1-5,7,9-10,12,14,18,26H,6,8,11,13,25H2,(H,28,31,33)(H,29,30,32)/t18-/m1/s1. The third-order valence-electron chi connectivity index (χ3n) is 5.53. The van der Waals surface area contributed by atoms with E-state index in [1.807, 2.05) is 24.3 Å². The van der Waals surface area contributed by atoms with Crippen molar-refractivity contribution in [3.8, 4) is 11.4 Å². The normalized spacial score (nSPS) is 15.5. The van der Waals surface area contributed by atoms with Gasteiger partial charge >= 0.3 is 0 Å². The van der Waals surface area contributed by atoms with Crippen molar-refractivity contribution in [2.45, 2.75) is 18.9 Å². The minimum Gasteiger partial charge on any atom is -0.399 e. The Morgan fingerprint density at radius 3 is 2.82 bits per heavy atom. The van der Waals surface area contributed by atoms with E-state index >= 15 is 0 Å². The number of rotatable bonds is 6. The maximum atomic E-state index is 12.5. The Morgan fingerprint density at radius 1 is 1.12 bits per heavy atom. The first-order valence-electron chi connectivity index (χ1n) is 10.8. The Bertz CT molecular complexity index is 1290. The first-order valence-corrected chi connectivity index (χ1v) is 10.8. The fourth-order valence-electron chi connectivity index (χ4n) is 3.84. The van der Waals surface area contributed by atoms with Crippen LogP contribution in [-0.2, 0) is 11.2 Å². The highest BCUT2D eigenvalue weighted by Crippen LogP contribution is 2.26. The van der Waals surface area contributed by atoms with Gasteiger partial charge in [-0.05, 0) is 48.9 Å². The monoisotopic (exact) mass is 440 g/mol. The molecule has 1 amide bonds. The predicted octanol–water partition coefficient (Wildman–Crippen LogP) is 2.62. The van der Waals surface area contributed by atoms with E-state index in [1.165, 1.54) is 0 Å². The van der Waals surface area contributed by atoms with Crippen molar-refractivity contribution in [2.24, 2.45) is 0 Å². The lowest BCUT2D eigenvalue weighted by Crippen LogP contribution is -2.23. The van der Waals surface area contributed by atoms with Crippen LogP contribution in [0.4, 0.5) is 17.3 Å². The Labute approximate surface area is 190 Å². The van der Waals surface area contributed by atoms with Gasteiger partial charge in [-0.3, -0.25) is 9.78 Å². The maximum absolute atomic E-state index is 12.5. The quantitative estimate of drug-likeness (QED) is 0.337. The molecule has 5 rings (SSSR count). The van der Waals surface area contributed by atoms with E-state index in [-0.39, 0.29) is 12.3 Å². The number of anilines is 3. The topological polar surface area (TPSA) is 131 Å². The Balaban J connectivity index is 1.40. The van der Waals surface area contributed by atoms with Gasteiger partial charge in [-0.1, -0.05) is 12.1 Å². The summed E-state index contributed by atoms with van der Waals surface area (Å²) in [5.74, 6) is 1.60. The van der Waals surface area contributed by atoms with Crippen molar-refractivity contribution in [2.75, 3.05) is 29.5 Å². The van der Waals surface area contributed by atoms with Crippen LogP contribution in [0.1, 0.15) is 12.0 Å². The number of amides is 1. The number of nitrogens with zero attached hydrogens (tertiary/aromatic N) is 4. The van der Waals surface area contributed by atoms with E-state index in [0.29, 0.717) is 23.4 Å². The van der Waals surface area contributed by atoms with E-state index in [0.717, 1.165) is 47.4 Å². The molecule has 1 fully saturated rings. The second-order valence-corrected chi connectivity index (χ2v) is 8.02. The Kier molecular flexibility index (Phi) is 5.77. The molecular weight excluding hydrogens is 416 g/mol. The Morgan fingerprint density at radius 2 is 2.00 bits per heavy atom. The molecule has 0 bridgehead atoms. The van der Waals surface area contributed by atoms with Crippen molar-refractivity contribution < 1.29 is 4.79 Å². The summed E-state index contributed by atoms with van der Waals surface area (Å²) in [4.78, 5) is 30.5. The van der Waals surface area contributed by atoms with E-state index in [1.54, 1.807) is 36.8 Å². The molecule has 3 aromatic heterocycles. The van der Waals surface area contributed by atoms with Crippen molar-refractivity contribution in [3.05, 3.63) is 66.6 Å². The van der Waals surface area contributed by atoms with Gasteiger partial charge in [-0.2, -0.15) is 0 Å². The number of pyridine rings is 2. The zero-order valence-corrected chi connectivity index (χ0v) is 18.0. The smallest absolute Gasteiger partial charge is 0.229 e.